The van der Waals surface area contributed by atoms with Gasteiger partial charge in [0.2, 0.25) is 10.0 Å². The largest absolute Gasteiger partial charge is 0.393 e. The van der Waals surface area contributed by atoms with Crippen LogP contribution >= 0.6 is 12.2 Å². The van der Waals surface area contributed by atoms with E-state index < -0.39 is 10.0 Å². The van der Waals surface area contributed by atoms with Gasteiger partial charge in [-0.3, -0.25) is 0 Å². The molecule has 2 N–H and O–H groups in total. The second-order valence-corrected chi connectivity index (χ2v) is 8.44. The molecule has 6 heteroatoms. The van der Waals surface area contributed by atoms with E-state index in [0.717, 1.165) is 0 Å². The van der Waals surface area contributed by atoms with Gasteiger partial charge in [0, 0.05) is 19.0 Å². The maximum absolute atomic E-state index is 12.2. The topological polar surface area (TPSA) is 63.4 Å². The van der Waals surface area contributed by atoms with Crippen LogP contribution in [-0.2, 0) is 10.0 Å². The average molecular weight is 294 g/mol. The van der Waals surface area contributed by atoms with Crippen molar-refractivity contribution in [2.75, 3.05) is 18.8 Å². The first-order valence-corrected chi connectivity index (χ1v) is 8.28. The average Bonchev–Trinajstić information content (AvgIpc) is 2.21. The van der Waals surface area contributed by atoms with Gasteiger partial charge in [0.1, 0.15) is 0 Å². The van der Waals surface area contributed by atoms with Crippen molar-refractivity contribution in [3.8, 4) is 0 Å². The Kier molecular flexibility index (Phi) is 6.74. The fourth-order valence-corrected chi connectivity index (χ4v) is 3.45. The van der Waals surface area contributed by atoms with Gasteiger partial charge in [0.25, 0.3) is 0 Å². The van der Waals surface area contributed by atoms with E-state index in [1.54, 1.807) is 0 Å². The predicted octanol–water partition coefficient (Wildman–Crippen LogP) is 2.00. The van der Waals surface area contributed by atoms with Gasteiger partial charge in [-0.2, -0.15) is 0 Å². The van der Waals surface area contributed by atoms with Crippen molar-refractivity contribution in [2.45, 2.75) is 41.0 Å². The summed E-state index contributed by atoms with van der Waals surface area (Å²) < 4.78 is 25.9. The van der Waals surface area contributed by atoms with Crippen molar-refractivity contribution in [1.29, 1.82) is 0 Å². The Labute approximate surface area is 117 Å². The highest BCUT2D eigenvalue weighted by atomic mass is 32.2. The molecule has 0 fully saturated rings. The van der Waals surface area contributed by atoms with Crippen LogP contribution in [0.1, 0.15) is 41.0 Å². The molecule has 0 aliphatic carbocycles. The van der Waals surface area contributed by atoms with Crippen LogP contribution in [0.4, 0.5) is 0 Å². The summed E-state index contributed by atoms with van der Waals surface area (Å²) in [6.45, 7) is 10.6. The van der Waals surface area contributed by atoms with E-state index in [2.05, 4.69) is 0 Å². The maximum atomic E-state index is 12.2. The van der Waals surface area contributed by atoms with E-state index in [1.807, 2.05) is 34.6 Å². The van der Waals surface area contributed by atoms with Crippen molar-refractivity contribution >= 4 is 27.2 Å². The molecule has 0 aromatic carbocycles. The molecule has 0 amide bonds. The van der Waals surface area contributed by atoms with E-state index in [1.165, 1.54) is 4.31 Å². The van der Waals surface area contributed by atoms with Gasteiger partial charge < -0.3 is 5.73 Å². The number of nitrogens with two attached hydrogens (primary N) is 1. The molecule has 0 bridgehead atoms. The Bertz CT molecular complexity index is 372. The lowest BCUT2D eigenvalue weighted by Gasteiger charge is -2.25. The lowest BCUT2D eigenvalue weighted by atomic mass is 9.94. The minimum atomic E-state index is -3.22. The van der Waals surface area contributed by atoms with E-state index in [-0.39, 0.29) is 17.1 Å². The molecule has 0 rings (SSSR count). The summed E-state index contributed by atoms with van der Waals surface area (Å²) in [7, 11) is -3.22. The Balaban J connectivity index is 4.68. The fourth-order valence-electron chi connectivity index (χ4n) is 1.40. The van der Waals surface area contributed by atoms with Crippen molar-refractivity contribution in [1.82, 2.24) is 4.31 Å². The SMILES string of the molecule is CCN(CC(C)C(N)=S)S(=O)(=O)CCC(C)(C)C. The molecule has 0 aliphatic rings. The van der Waals surface area contributed by atoms with Gasteiger partial charge in [0.15, 0.2) is 0 Å². The molecule has 1 atom stereocenters. The molecule has 1 unspecified atom stereocenters. The normalized spacial score (nSPS) is 14.8. The standard InChI is InChI=1S/C12H26N2O2S2/c1-6-14(9-10(2)11(13)17)18(15,16)8-7-12(3,4)5/h10H,6-9H2,1-5H3,(H2,13,17). The molecule has 0 saturated carbocycles. The monoisotopic (exact) mass is 294 g/mol. The quantitative estimate of drug-likeness (QED) is 0.729. The van der Waals surface area contributed by atoms with Crippen LogP contribution in [0.15, 0.2) is 0 Å². The van der Waals surface area contributed by atoms with E-state index in [9.17, 15) is 8.42 Å². The lowest BCUT2D eigenvalue weighted by molar-refractivity contribution is 0.375. The minimum absolute atomic E-state index is 0.0151. The number of nitrogens with zero attached hydrogens (tertiary/aromatic N) is 1. The summed E-state index contributed by atoms with van der Waals surface area (Å²) in [6, 6.07) is 0. The first-order valence-electron chi connectivity index (χ1n) is 6.26. The second-order valence-electron chi connectivity index (χ2n) is 5.88. The Morgan fingerprint density at radius 3 is 2.22 bits per heavy atom. The summed E-state index contributed by atoms with van der Waals surface area (Å²) in [5, 5.41) is 0. The molecule has 0 aromatic rings. The predicted molar refractivity (Wildman–Crippen MR) is 81.1 cm³/mol. The number of thiocarbonyl (C=S) groups is 1. The van der Waals surface area contributed by atoms with Gasteiger partial charge in [-0.25, -0.2) is 12.7 Å². The summed E-state index contributed by atoms with van der Waals surface area (Å²) in [4.78, 5) is 0.361. The van der Waals surface area contributed by atoms with Crippen molar-refractivity contribution in [2.24, 2.45) is 17.1 Å². The molecule has 0 spiro atoms. The Morgan fingerprint density at radius 1 is 1.39 bits per heavy atom. The van der Waals surface area contributed by atoms with Crippen LogP contribution in [0, 0.1) is 11.3 Å². The first-order chi connectivity index (χ1) is 7.99. The second kappa shape index (κ2) is 6.82. The molecule has 0 aromatic heterocycles. The zero-order valence-corrected chi connectivity index (χ0v) is 13.7. The third-order valence-corrected chi connectivity index (χ3v) is 5.14. The van der Waals surface area contributed by atoms with Crippen LogP contribution in [0.25, 0.3) is 0 Å². The first kappa shape index (κ1) is 17.8. The molecule has 18 heavy (non-hydrogen) atoms. The zero-order chi connectivity index (χ0) is 14.6. The minimum Gasteiger partial charge on any atom is -0.393 e. The number of sulfonamides is 1. The molecule has 0 aliphatic heterocycles. The molecule has 4 nitrogen and oxygen atoms in total. The molecular formula is C12H26N2O2S2. The number of hydrogen-bond acceptors (Lipinski definition) is 3. The van der Waals surface area contributed by atoms with Crippen LogP contribution in [-0.4, -0.2) is 36.6 Å². The van der Waals surface area contributed by atoms with Gasteiger partial charge >= 0.3 is 0 Å². The van der Waals surface area contributed by atoms with Crippen LogP contribution in [0.2, 0.25) is 0 Å². The Morgan fingerprint density at radius 2 is 1.89 bits per heavy atom. The summed E-state index contributed by atoms with van der Waals surface area (Å²) in [6.07, 6.45) is 0.646. The van der Waals surface area contributed by atoms with Crippen molar-refractivity contribution < 1.29 is 8.42 Å². The molecular weight excluding hydrogens is 268 g/mol. The molecule has 0 radical (unpaired) electrons. The van der Waals surface area contributed by atoms with Gasteiger partial charge in [0.05, 0.1) is 10.7 Å². The summed E-state index contributed by atoms with van der Waals surface area (Å²) in [5.41, 5.74) is 5.55. The third kappa shape index (κ3) is 6.66. The van der Waals surface area contributed by atoms with Crippen LogP contribution in [0.3, 0.4) is 0 Å². The number of rotatable bonds is 7. The van der Waals surface area contributed by atoms with E-state index in [0.29, 0.717) is 24.5 Å². The highest BCUT2D eigenvalue weighted by Crippen LogP contribution is 2.20. The zero-order valence-electron chi connectivity index (χ0n) is 12.1. The summed E-state index contributed by atoms with van der Waals surface area (Å²) >= 11 is 4.89. The Hall–Kier alpha value is -0.200. The summed E-state index contributed by atoms with van der Waals surface area (Å²) in [5.74, 6) is 0.0818. The van der Waals surface area contributed by atoms with Gasteiger partial charge in [-0.15, -0.1) is 0 Å². The third-order valence-electron chi connectivity index (χ3n) is 2.82. The van der Waals surface area contributed by atoms with Crippen molar-refractivity contribution in [3.63, 3.8) is 0 Å². The van der Waals surface area contributed by atoms with E-state index in [4.69, 9.17) is 18.0 Å². The molecule has 0 saturated heterocycles. The molecule has 108 valence electrons. The fraction of sp³-hybridized carbons (Fsp3) is 0.917. The highest BCUT2D eigenvalue weighted by molar-refractivity contribution is 7.89. The van der Waals surface area contributed by atoms with Crippen LogP contribution < -0.4 is 5.73 Å². The van der Waals surface area contributed by atoms with Crippen molar-refractivity contribution in [3.05, 3.63) is 0 Å². The van der Waals surface area contributed by atoms with Gasteiger partial charge in [-0.1, -0.05) is 46.8 Å². The smallest absolute Gasteiger partial charge is 0.214 e. The van der Waals surface area contributed by atoms with E-state index >= 15 is 0 Å². The number of hydrogen-bond donors (Lipinski definition) is 1. The lowest BCUT2D eigenvalue weighted by Crippen LogP contribution is -2.39. The van der Waals surface area contributed by atoms with Crippen LogP contribution in [0.5, 0.6) is 0 Å². The van der Waals surface area contributed by atoms with Gasteiger partial charge in [-0.05, 0) is 11.8 Å². The highest BCUT2D eigenvalue weighted by Gasteiger charge is 2.25. The molecule has 0 heterocycles. The maximum Gasteiger partial charge on any atom is 0.214 e.